The van der Waals surface area contributed by atoms with Crippen LogP contribution in [0.4, 0.5) is 0 Å². The smallest absolute Gasteiger partial charge is 0.0709 e. The highest BCUT2D eigenvalue weighted by atomic mass is 32.2. The average Bonchev–Trinajstić information content (AvgIpc) is 1.76. The molecule has 0 unspecified atom stereocenters. The van der Waals surface area contributed by atoms with Gasteiger partial charge in [0.15, 0.2) is 0 Å². The molecule has 0 saturated heterocycles. The van der Waals surface area contributed by atoms with Crippen molar-refractivity contribution in [2.75, 3.05) is 11.6 Å². The van der Waals surface area contributed by atoms with Crippen molar-refractivity contribution >= 4 is 11.8 Å². The fraction of sp³-hybridized carbons (Fsp3) is 0.667. The lowest BCUT2D eigenvalue weighted by Gasteiger charge is -1.56. The summed E-state index contributed by atoms with van der Waals surface area (Å²) in [6.07, 6.45) is 0. The Kier molecular flexibility index (Phi) is 0.806. The normalized spacial score (nSPS) is 17.6. The maximum Gasteiger partial charge on any atom is 0.310 e. The van der Waals surface area contributed by atoms with E-state index in [2.05, 4.69) is 10.9 Å². The van der Waals surface area contributed by atoms with Gasteiger partial charge >= 0.3 is 5.88 Å². The second-order valence-electron chi connectivity index (χ2n) is 0.794. The first-order valence-electron chi connectivity index (χ1n) is 1.47. The molecule has 0 N–H and O–H groups in total. The topological polar surface area (TPSA) is 4.36 Å². The lowest BCUT2D eigenvalue weighted by molar-refractivity contribution is 1.84. The van der Waals surface area contributed by atoms with Crippen molar-refractivity contribution in [1.29, 1.82) is 0 Å². The Morgan fingerprint density at radius 3 is 3.00 bits per heavy atom. The molecule has 0 radical (unpaired) electrons. The van der Waals surface area contributed by atoms with Crippen molar-refractivity contribution in [2.24, 2.45) is 0 Å². The summed E-state index contributed by atoms with van der Waals surface area (Å²) in [5.41, 5.74) is 0. The quantitative estimate of drug-likeness (QED) is 0.426. The predicted molar refractivity (Wildman–Crippen MR) is 24.6 cm³/mol. The van der Waals surface area contributed by atoms with E-state index in [-0.39, 0.29) is 0 Å². The lowest BCUT2D eigenvalue weighted by Crippen LogP contribution is -1.56. The number of hydrogen-bond donors (Lipinski definition) is 0. The molecule has 1 aliphatic heterocycles. The van der Waals surface area contributed by atoms with Crippen molar-refractivity contribution in [3.63, 3.8) is 0 Å². The van der Waals surface area contributed by atoms with Gasteiger partial charge in [0.05, 0.1) is 0 Å². The second-order valence-corrected chi connectivity index (χ2v) is 1.75. The van der Waals surface area contributed by atoms with E-state index in [1.807, 2.05) is 0 Å². The van der Waals surface area contributed by atoms with Crippen LogP contribution in [0.25, 0.3) is 4.85 Å². The van der Waals surface area contributed by atoms with Crippen molar-refractivity contribution in [1.82, 2.24) is 0 Å². The molecule has 0 bridgehead atoms. The zero-order valence-electron chi connectivity index (χ0n) is 2.77. The van der Waals surface area contributed by atoms with Crippen LogP contribution in [0.1, 0.15) is 0 Å². The Morgan fingerprint density at radius 1 is 1.80 bits per heavy atom. The van der Waals surface area contributed by atoms with Gasteiger partial charge in [0, 0.05) is 0 Å². The highest BCUT2D eigenvalue weighted by Crippen LogP contribution is 2.03. The molecule has 2 heteroatoms. The standard InChI is InChI=1S/C3H4NS/c1-2-5-3-4-1/h2-3H2/q+1. The van der Waals surface area contributed by atoms with Gasteiger partial charge in [-0.25, -0.2) is 0 Å². The SMILES string of the molecule is C1#[N+]CSC1. The molecule has 0 atom stereocenters. The molecule has 0 amide bonds. The minimum absolute atomic E-state index is 0.931. The molecule has 0 saturated carbocycles. The fourth-order valence-corrected chi connectivity index (χ4v) is 0.685. The summed E-state index contributed by atoms with van der Waals surface area (Å²) in [6.45, 7) is 0. The third-order valence-corrected chi connectivity index (χ3v) is 1.08. The largest absolute Gasteiger partial charge is 0.310 e. The molecule has 5 heavy (non-hydrogen) atoms. The molecule has 1 nitrogen and oxygen atoms in total. The first kappa shape index (κ1) is 3.05. The zero-order chi connectivity index (χ0) is 3.54. The van der Waals surface area contributed by atoms with E-state index in [1.165, 1.54) is 0 Å². The maximum absolute atomic E-state index is 3.80. The molecule has 0 aromatic carbocycles. The monoisotopic (exact) mass is 86.0 g/mol. The minimum Gasteiger partial charge on any atom is -0.0709 e. The Morgan fingerprint density at radius 2 is 2.80 bits per heavy atom. The van der Waals surface area contributed by atoms with Crippen LogP contribution in [-0.4, -0.2) is 11.6 Å². The molecule has 26 valence electrons. The number of hydrogen-bond acceptors (Lipinski definition) is 1. The lowest BCUT2D eigenvalue weighted by atomic mass is 10.9. The van der Waals surface area contributed by atoms with Gasteiger partial charge in [-0.2, -0.15) is 0 Å². The summed E-state index contributed by atoms with van der Waals surface area (Å²) in [5.74, 6) is 1.93. The molecule has 1 heterocycles. The number of nitrogens with zero attached hydrogens (tertiary/aromatic N) is 1. The highest BCUT2D eigenvalue weighted by Gasteiger charge is 1.98. The van der Waals surface area contributed by atoms with Crippen LogP contribution in [0.5, 0.6) is 0 Å². The summed E-state index contributed by atoms with van der Waals surface area (Å²) in [7, 11) is 0. The summed E-state index contributed by atoms with van der Waals surface area (Å²) in [6, 6.07) is 2.81. The van der Waals surface area contributed by atoms with Gasteiger partial charge in [0.2, 0.25) is 0 Å². The van der Waals surface area contributed by atoms with Gasteiger partial charge in [-0.05, 0) is 0 Å². The molecule has 0 fully saturated rings. The van der Waals surface area contributed by atoms with Gasteiger partial charge < -0.3 is 0 Å². The minimum atomic E-state index is 0.931. The van der Waals surface area contributed by atoms with E-state index in [0.29, 0.717) is 0 Å². The second kappa shape index (κ2) is 1.32. The van der Waals surface area contributed by atoms with Crippen LogP contribution in [0.2, 0.25) is 0 Å². The Hall–Kier alpha value is -0.160. The van der Waals surface area contributed by atoms with Crippen molar-refractivity contribution in [2.45, 2.75) is 0 Å². The molecular weight excluding hydrogens is 82.1 g/mol. The van der Waals surface area contributed by atoms with Crippen LogP contribution >= 0.6 is 11.8 Å². The highest BCUT2D eigenvalue weighted by molar-refractivity contribution is 7.99. The van der Waals surface area contributed by atoms with Gasteiger partial charge in [0.25, 0.3) is 6.07 Å². The van der Waals surface area contributed by atoms with Gasteiger partial charge in [-0.1, -0.05) is 16.6 Å². The van der Waals surface area contributed by atoms with Crippen molar-refractivity contribution in [3.05, 3.63) is 4.85 Å². The summed E-state index contributed by atoms with van der Waals surface area (Å²) < 4.78 is 0. The average molecular weight is 86.1 g/mol. The zero-order valence-corrected chi connectivity index (χ0v) is 3.59. The van der Waals surface area contributed by atoms with Crippen molar-refractivity contribution in [3.8, 4) is 6.07 Å². The molecule has 1 rings (SSSR count). The van der Waals surface area contributed by atoms with E-state index in [1.54, 1.807) is 11.8 Å². The molecular formula is C3H4NS+. The van der Waals surface area contributed by atoms with E-state index in [4.69, 9.17) is 0 Å². The Balaban J connectivity index is 2.42. The maximum atomic E-state index is 3.80. The molecule has 0 aromatic heterocycles. The molecule has 0 spiro atoms. The van der Waals surface area contributed by atoms with E-state index in [9.17, 15) is 0 Å². The summed E-state index contributed by atoms with van der Waals surface area (Å²) in [4.78, 5) is 3.80. The van der Waals surface area contributed by atoms with Crippen LogP contribution in [0.3, 0.4) is 0 Å². The van der Waals surface area contributed by atoms with Crippen LogP contribution in [-0.2, 0) is 0 Å². The van der Waals surface area contributed by atoms with E-state index in [0.717, 1.165) is 11.6 Å². The summed E-state index contributed by atoms with van der Waals surface area (Å²) in [5, 5.41) is 0. The molecule has 1 aliphatic rings. The van der Waals surface area contributed by atoms with E-state index >= 15 is 0 Å². The predicted octanol–water partition coefficient (Wildman–Crippen LogP) is 1.02. The van der Waals surface area contributed by atoms with Crippen LogP contribution in [0.15, 0.2) is 0 Å². The fourth-order valence-electron chi connectivity index (χ4n) is 0.228. The van der Waals surface area contributed by atoms with Gasteiger partial charge in [0.1, 0.15) is 5.75 Å². The van der Waals surface area contributed by atoms with Gasteiger partial charge in [-0.3, -0.25) is 0 Å². The third-order valence-electron chi connectivity index (χ3n) is 0.434. The number of rotatable bonds is 0. The number of thioether (sulfide) groups is 1. The van der Waals surface area contributed by atoms with Crippen molar-refractivity contribution < 1.29 is 0 Å². The molecule has 0 aromatic rings. The molecule has 0 aliphatic carbocycles. The Labute approximate surface area is 35.2 Å². The first-order chi connectivity index (χ1) is 2.50. The van der Waals surface area contributed by atoms with Gasteiger partial charge in [-0.15, -0.1) is 0 Å². The van der Waals surface area contributed by atoms with E-state index < -0.39 is 0 Å². The van der Waals surface area contributed by atoms with Crippen LogP contribution < -0.4 is 0 Å². The Bertz CT molecular complexity index is 70.6. The third kappa shape index (κ3) is 0.555. The van der Waals surface area contributed by atoms with Crippen LogP contribution in [0, 0.1) is 6.07 Å². The summed E-state index contributed by atoms with van der Waals surface area (Å²) >= 11 is 1.80. The first-order valence-corrected chi connectivity index (χ1v) is 2.63.